The van der Waals surface area contributed by atoms with Crippen molar-refractivity contribution >= 4 is 5.91 Å². The number of hydrogen-bond donors (Lipinski definition) is 3. The van der Waals surface area contributed by atoms with Crippen LogP contribution in [0.5, 0.6) is 0 Å². The van der Waals surface area contributed by atoms with E-state index < -0.39 is 17.6 Å². The summed E-state index contributed by atoms with van der Waals surface area (Å²) in [6, 6.07) is -0.359. The minimum Gasteiger partial charge on any atom is -0.387 e. The van der Waals surface area contributed by atoms with Gasteiger partial charge in [0.1, 0.15) is 6.10 Å². The molecule has 0 saturated carbocycles. The van der Waals surface area contributed by atoms with Crippen LogP contribution in [0.1, 0.15) is 13.8 Å². The van der Waals surface area contributed by atoms with Crippen LogP contribution < -0.4 is 5.32 Å². The van der Waals surface area contributed by atoms with Gasteiger partial charge in [-0.25, -0.2) is 0 Å². The Kier molecular flexibility index (Phi) is 1.45. The lowest BCUT2D eigenvalue weighted by Crippen LogP contribution is -2.42. The van der Waals surface area contributed by atoms with Crippen molar-refractivity contribution in [1.29, 1.82) is 0 Å². The summed E-state index contributed by atoms with van der Waals surface area (Å²) in [5.74, 6) is -0.507. The molecule has 1 amide bonds. The number of carbonyl (C=O) groups is 1. The van der Waals surface area contributed by atoms with Crippen LogP contribution in [0.25, 0.3) is 0 Å². The van der Waals surface area contributed by atoms with Gasteiger partial charge in [0.15, 0.2) is 5.60 Å². The van der Waals surface area contributed by atoms with Gasteiger partial charge in [0.25, 0.3) is 5.91 Å². The first-order valence-electron chi connectivity index (χ1n) is 3.17. The highest BCUT2D eigenvalue weighted by atomic mass is 16.4. The van der Waals surface area contributed by atoms with Crippen LogP contribution in [0.4, 0.5) is 0 Å². The van der Waals surface area contributed by atoms with Gasteiger partial charge in [-0.05, 0) is 13.8 Å². The third kappa shape index (κ3) is 0.803. The molecule has 1 heterocycles. The Balaban J connectivity index is 2.85. The van der Waals surface area contributed by atoms with Crippen molar-refractivity contribution in [3.63, 3.8) is 0 Å². The number of carbonyl (C=O) groups excluding carboxylic acids is 1. The van der Waals surface area contributed by atoms with Gasteiger partial charge < -0.3 is 15.5 Å². The third-order valence-corrected chi connectivity index (χ3v) is 1.87. The molecule has 3 atom stereocenters. The lowest BCUT2D eigenvalue weighted by atomic mass is 9.99. The molecule has 2 unspecified atom stereocenters. The van der Waals surface area contributed by atoms with Crippen molar-refractivity contribution in [2.24, 2.45) is 0 Å². The molecule has 0 aromatic carbocycles. The lowest BCUT2D eigenvalue weighted by Gasteiger charge is -2.18. The number of aliphatic hydroxyl groups is 2. The molecule has 3 N–H and O–H groups in total. The molecule has 10 heavy (non-hydrogen) atoms. The maximum Gasteiger partial charge on any atom is 0.254 e. The molecule has 58 valence electrons. The highest BCUT2D eigenvalue weighted by molar-refractivity contribution is 5.88. The predicted molar refractivity (Wildman–Crippen MR) is 34.2 cm³/mol. The van der Waals surface area contributed by atoms with Crippen LogP contribution >= 0.6 is 0 Å². The van der Waals surface area contributed by atoms with E-state index >= 15 is 0 Å². The highest BCUT2D eigenvalue weighted by Crippen LogP contribution is 2.19. The Labute approximate surface area is 58.9 Å². The second kappa shape index (κ2) is 1.93. The Morgan fingerprint density at radius 3 is 2.30 bits per heavy atom. The summed E-state index contributed by atoms with van der Waals surface area (Å²) in [6.07, 6.45) is -1.00. The van der Waals surface area contributed by atoms with E-state index in [9.17, 15) is 9.90 Å². The summed E-state index contributed by atoms with van der Waals surface area (Å²) < 4.78 is 0. The van der Waals surface area contributed by atoms with Crippen molar-refractivity contribution in [2.75, 3.05) is 0 Å². The molecule has 1 saturated heterocycles. The van der Waals surface area contributed by atoms with E-state index in [2.05, 4.69) is 5.32 Å². The molecule has 0 radical (unpaired) electrons. The van der Waals surface area contributed by atoms with Crippen LogP contribution in [-0.4, -0.2) is 33.9 Å². The maximum atomic E-state index is 10.8. The molecule has 1 fully saturated rings. The number of amides is 1. The van der Waals surface area contributed by atoms with Gasteiger partial charge in [0, 0.05) is 0 Å². The second-order valence-corrected chi connectivity index (χ2v) is 2.85. The molecule has 0 aromatic rings. The quantitative estimate of drug-likeness (QED) is 0.393. The molecule has 1 aliphatic rings. The molecular weight excluding hydrogens is 134 g/mol. The zero-order valence-electron chi connectivity index (χ0n) is 5.96. The fourth-order valence-electron chi connectivity index (χ4n) is 1.05. The maximum absolute atomic E-state index is 10.8. The van der Waals surface area contributed by atoms with Gasteiger partial charge >= 0.3 is 0 Å². The highest BCUT2D eigenvalue weighted by Gasteiger charge is 2.48. The molecule has 4 heteroatoms. The topological polar surface area (TPSA) is 69.6 Å². The number of hydrogen-bond acceptors (Lipinski definition) is 3. The Hall–Kier alpha value is -0.610. The smallest absolute Gasteiger partial charge is 0.254 e. The van der Waals surface area contributed by atoms with Crippen molar-refractivity contribution in [1.82, 2.24) is 5.32 Å². The first kappa shape index (κ1) is 7.50. The fourth-order valence-corrected chi connectivity index (χ4v) is 1.05. The molecule has 0 bridgehead atoms. The Bertz CT molecular complexity index is 166. The van der Waals surface area contributed by atoms with Gasteiger partial charge in [-0.3, -0.25) is 4.79 Å². The minimum atomic E-state index is -1.61. The van der Waals surface area contributed by atoms with E-state index in [-0.39, 0.29) is 6.04 Å². The van der Waals surface area contributed by atoms with E-state index in [0.717, 1.165) is 0 Å². The first-order valence-corrected chi connectivity index (χ1v) is 3.17. The molecule has 4 nitrogen and oxygen atoms in total. The van der Waals surface area contributed by atoms with Crippen LogP contribution in [0, 0.1) is 0 Å². The standard InChI is InChI=1S/C6H11NO3/c1-3-4(8)6(2,10)5(9)7-3/h3-4,8,10H,1-2H3,(H,7,9)/t3-,4?,6?/m0/s1. The largest absolute Gasteiger partial charge is 0.387 e. The van der Waals surface area contributed by atoms with Gasteiger partial charge in [0.2, 0.25) is 0 Å². The summed E-state index contributed by atoms with van der Waals surface area (Å²) in [6.45, 7) is 2.94. The van der Waals surface area contributed by atoms with Crippen molar-refractivity contribution < 1.29 is 15.0 Å². The molecule has 1 aliphatic heterocycles. The lowest BCUT2D eigenvalue weighted by molar-refractivity contribution is -0.139. The zero-order valence-corrected chi connectivity index (χ0v) is 5.96. The summed E-state index contributed by atoms with van der Waals surface area (Å²) >= 11 is 0. The van der Waals surface area contributed by atoms with Gasteiger partial charge in [0.05, 0.1) is 6.04 Å². The minimum absolute atomic E-state index is 0.359. The monoisotopic (exact) mass is 145 g/mol. The van der Waals surface area contributed by atoms with Crippen LogP contribution in [0.3, 0.4) is 0 Å². The van der Waals surface area contributed by atoms with E-state index in [1.54, 1.807) is 6.92 Å². The molecule has 0 aromatic heterocycles. The predicted octanol–water partition coefficient (Wildman–Crippen LogP) is -1.38. The zero-order chi connectivity index (χ0) is 7.94. The van der Waals surface area contributed by atoms with Gasteiger partial charge in [-0.2, -0.15) is 0 Å². The van der Waals surface area contributed by atoms with Crippen molar-refractivity contribution in [3.8, 4) is 0 Å². The van der Waals surface area contributed by atoms with Crippen LogP contribution in [0.15, 0.2) is 0 Å². The first-order chi connectivity index (χ1) is 4.46. The summed E-state index contributed by atoms with van der Waals surface area (Å²) in [4.78, 5) is 10.8. The second-order valence-electron chi connectivity index (χ2n) is 2.85. The average molecular weight is 145 g/mol. The summed E-state index contributed by atoms with van der Waals surface area (Å²) in [5.41, 5.74) is -1.61. The number of rotatable bonds is 0. The van der Waals surface area contributed by atoms with Crippen LogP contribution in [0.2, 0.25) is 0 Å². The number of aliphatic hydroxyl groups excluding tert-OH is 1. The molecular formula is C6H11NO3. The molecule has 0 spiro atoms. The van der Waals surface area contributed by atoms with Crippen molar-refractivity contribution in [3.05, 3.63) is 0 Å². The SMILES string of the molecule is C[C@@H]1NC(=O)C(C)(O)C1O. The summed E-state index contributed by atoms with van der Waals surface area (Å²) in [7, 11) is 0. The van der Waals surface area contributed by atoms with Crippen LogP contribution in [-0.2, 0) is 4.79 Å². The Morgan fingerprint density at radius 1 is 1.70 bits per heavy atom. The molecule has 1 rings (SSSR count). The average Bonchev–Trinajstić information content (AvgIpc) is 1.97. The van der Waals surface area contributed by atoms with E-state index in [1.165, 1.54) is 6.92 Å². The van der Waals surface area contributed by atoms with Crippen molar-refractivity contribution in [2.45, 2.75) is 31.6 Å². The van der Waals surface area contributed by atoms with E-state index in [4.69, 9.17) is 5.11 Å². The summed E-state index contributed by atoms with van der Waals surface area (Å²) in [5, 5.41) is 20.8. The Morgan fingerprint density at radius 2 is 2.20 bits per heavy atom. The number of nitrogens with one attached hydrogen (secondary N) is 1. The fraction of sp³-hybridized carbons (Fsp3) is 0.833. The van der Waals surface area contributed by atoms with Gasteiger partial charge in [-0.1, -0.05) is 0 Å². The van der Waals surface area contributed by atoms with E-state index in [1.807, 2.05) is 0 Å². The molecule has 0 aliphatic carbocycles. The van der Waals surface area contributed by atoms with E-state index in [0.29, 0.717) is 0 Å². The normalized spacial score (nSPS) is 47.4. The van der Waals surface area contributed by atoms with Gasteiger partial charge in [-0.15, -0.1) is 0 Å². The third-order valence-electron chi connectivity index (χ3n) is 1.87.